The zero-order chi connectivity index (χ0) is 20.2. The highest BCUT2D eigenvalue weighted by Gasteiger charge is 2.21. The van der Waals surface area contributed by atoms with Gasteiger partial charge in [0.2, 0.25) is 0 Å². The van der Waals surface area contributed by atoms with Gasteiger partial charge in [-0.05, 0) is 42.3 Å². The Balaban J connectivity index is 1.48. The van der Waals surface area contributed by atoms with Crippen molar-refractivity contribution in [1.82, 2.24) is 14.8 Å². The van der Waals surface area contributed by atoms with Crippen molar-refractivity contribution >= 4 is 17.4 Å². The fourth-order valence-corrected chi connectivity index (χ4v) is 3.09. The van der Waals surface area contributed by atoms with Crippen molar-refractivity contribution < 1.29 is 9.47 Å². The molecule has 0 aliphatic carbocycles. The maximum atomic E-state index is 5.79. The van der Waals surface area contributed by atoms with E-state index in [1.54, 1.807) is 7.11 Å². The van der Waals surface area contributed by atoms with Gasteiger partial charge in [0, 0.05) is 26.0 Å². The molecule has 3 heterocycles. The first-order valence-electron chi connectivity index (χ1n) is 9.40. The first-order chi connectivity index (χ1) is 14.2. The number of nitrogens with zero attached hydrogens (tertiary/aromatic N) is 5. The molecule has 0 spiro atoms. The molecule has 8 heteroatoms. The molecule has 0 saturated heterocycles. The minimum Gasteiger partial charge on any atom is -0.452 e. The van der Waals surface area contributed by atoms with Crippen LogP contribution in [0.5, 0.6) is 0 Å². The van der Waals surface area contributed by atoms with Crippen molar-refractivity contribution in [3.63, 3.8) is 0 Å². The number of rotatable bonds is 7. The second-order valence-corrected chi connectivity index (χ2v) is 6.81. The quantitative estimate of drug-likeness (QED) is 0.666. The number of methoxy groups -OCH3 is 1. The van der Waals surface area contributed by atoms with E-state index in [2.05, 4.69) is 20.5 Å². The second-order valence-electron chi connectivity index (χ2n) is 6.81. The van der Waals surface area contributed by atoms with Crippen LogP contribution in [-0.4, -0.2) is 41.6 Å². The van der Waals surface area contributed by atoms with Crippen molar-refractivity contribution in [2.45, 2.75) is 20.1 Å². The first-order valence-corrected chi connectivity index (χ1v) is 9.40. The summed E-state index contributed by atoms with van der Waals surface area (Å²) in [5.74, 6) is 1.37. The predicted octanol–water partition coefficient (Wildman–Crippen LogP) is 2.98. The summed E-state index contributed by atoms with van der Waals surface area (Å²) in [5.41, 5.74) is 4.92. The minimum absolute atomic E-state index is 0.361. The van der Waals surface area contributed by atoms with E-state index in [0.29, 0.717) is 25.8 Å². The van der Waals surface area contributed by atoms with E-state index in [0.717, 1.165) is 34.0 Å². The van der Waals surface area contributed by atoms with Gasteiger partial charge >= 0.3 is 0 Å². The van der Waals surface area contributed by atoms with Crippen molar-refractivity contribution in [2.75, 3.05) is 31.2 Å². The lowest BCUT2D eigenvalue weighted by Gasteiger charge is -2.11. The van der Waals surface area contributed by atoms with Gasteiger partial charge in [-0.25, -0.2) is 9.99 Å². The molecule has 1 aromatic carbocycles. The monoisotopic (exact) mass is 392 g/mol. The molecule has 1 aliphatic heterocycles. The molecular weight excluding hydrogens is 368 g/mol. The van der Waals surface area contributed by atoms with Gasteiger partial charge < -0.3 is 14.8 Å². The maximum absolute atomic E-state index is 5.79. The summed E-state index contributed by atoms with van der Waals surface area (Å²) >= 11 is 0. The van der Waals surface area contributed by atoms with Crippen LogP contribution in [0.1, 0.15) is 22.5 Å². The van der Waals surface area contributed by atoms with Gasteiger partial charge in [0.15, 0.2) is 6.73 Å². The average Bonchev–Trinajstić information content (AvgIpc) is 3.37. The Kier molecular flexibility index (Phi) is 5.44. The predicted molar refractivity (Wildman–Crippen MR) is 112 cm³/mol. The van der Waals surface area contributed by atoms with Crippen LogP contribution in [0.25, 0.3) is 0 Å². The fourth-order valence-electron chi connectivity index (χ4n) is 3.09. The molecule has 2 aromatic heterocycles. The van der Waals surface area contributed by atoms with E-state index in [-0.39, 0.29) is 0 Å². The molecule has 0 bridgehead atoms. The second kappa shape index (κ2) is 8.32. The number of benzene rings is 1. The van der Waals surface area contributed by atoms with Gasteiger partial charge in [-0.15, -0.1) is 5.10 Å². The molecule has 0 radical (unpaired) electrons. The summed E-state index contributed by atoms with van der Waals surface area (Å²) in [7, 11) is 3.54. The van der Waals surface area contributed by atoms with Crippen molar-refractivity contribution in [3.8, 4) is 0 Å². The standard InChI is InChI=1S/C21H24N6O2/c1-15-10-19(24-26(15)12-17-6-9-20(22-2)23-11-17)21-25-27(14-29-21)18-7-4-16(5-8-18)13-28-3/h4-11H,12-14H2,1-3H3,(H,22,23). The first kappa shape index (κ1) is 18.9. The summed E-state index contributed by atoms with van der Waals surface area (Å²) in [4.78, 5) is 4.35. The van der Waals surface area contributed by atoms with Crippen molar-refractivity contribution in [1.29, 1.82) is 0 Å². The number of ether oxygens (including phenoxy) is 2. The normalized spacial score (nSPS) is 13.3. The smallest absolute Gasteiger partial charge is 0.261 e. The highest BCUT2D eigenvalue weighted by molar-refractivity contribution is 5.94. The van der Waals surface area contributed by atoms with Crippen LogP contribution in [0.2, 0.25) is 0 Å². The van der Waals surface area contributed by atoms with Crippen LogP contribution in [0.4, 0.5) is 11.5 Å². The fraction of sp³-hybridized carbons (Fsp3) is 0.286. The number of hydrogen-bond acceptors (Lipinski definition) is 7. The zero-order valence-electron chi connectivity index (χ0n) is 16.8. The van der Waals surface area contributed by atoms with Gasteiger partial charge in [0.25, 0.3) is 5.90 Å². The third-order valence-corrected chi connectivity index (χ3v) is 4.69. The number of hydrazone groups is 1. The SMILES string of the molecule is CNc1ccc(Cn2nc(C3=NN(c4ccc(COC)cc4)CO3)cc2C)cn1. The molecule has 0 saturated carbocycles. The van der Waals surface area contributed by atoms with Gasteiger partial charge in [-0.1, -0.05) is 18.2 Å². The third-order valence-electron chi connectivity index (χ3n) is 4.69. The molecule has 1 aliphatic rings. The van der Waals surface area contributed by atoms with Crippen LogP contribution >= 0.6 is 0 Å². The number of aryl methyl sites for hydroxylation is 1. The van der Waals surface area contributed by atoms with E-state index in [4.69, 9.17) is 9.47 Å². The number of anilines is 2. The average molecular weight is 392 g/mol. The van der Waals surface area contributed by atoms with Crippen LogP contribution in [0, 0.1) is 6.92 Å². The Hall–Kier alpha value is -3.39. The summed E-state index contributed by atoms with van der Waals surface area (Å²) < 4.78 is 12.9. The molecule has 3 aromatic rings. The molecule has 150 valence electrons. The highest BCUT2D eigenvalue weighted by Crippen LogP contribution is 2.21. The molecule has 0 amide bonds. The molecule has 4 rings (SSSR count). The number of aromatic nitrogens is 3. The van der Waals surface area contributed by atoms with E-state index in [1.807, 2.05) is 72.3 Å². The Morgan fingerprint density at radius 2 is 1.93 bits per heavy atom. The minimum atomic E-state index is 0.361. The van der Waals surface area contributed by atoms with Crippen LogP contribution < -0.4 is 10.3 Å². The highest BCUT2D eigenvalue weighted by atomic mass is 16.5. The summed E-state index contributed by atoms with van der Waals surface area (Å²) in [6, 6.07) is 14.1. The summed E-state index contributed by atoms with van der Waals surface area (Å²) in [6.45, 7) is 3.62. The Bertz CT molecular complexity index is 995. The Morgan fingerprint density at radius 1 is 1.14 bits per heavy atom. The maximum Gasteiger partial charge on any atom is 0.261 e. The molecule has 29 heavy (non-hydrogen) atoms. The van der Waals surface area contributed by atoms with E-state index >= 15 is 0 Å². The Labute approximate surface area is 169 Å². The van der Waals surface area contributed by atoms with Gasteiger partial charge in [0.1, 0.15) is 11.5 Å². The van der Waals surface area contributed by atoms with Gasteiger partial charge in [0.05, 0.1) is 18.8 Å². The van der Waals surface area contributed by atoms with Gasteiger partial charge in [-0.3, -0.25) is 4.68 Å². The number of pyridine rings is 1. The molecular formula is C21H24N6O2. The van der Waals surface area contributed by atoms with Crippen LogP contribution in [0.3, 0.4) is 0 Å². The van der Waals surface area contributed by atoms with Crippen LogP contribution in [-0.2, 0) is 22.6 Å². The lowest BCUT2D eigenvalue weighted by Crippen LogP contribution is -2.12. The van der Waals surface area contributed by atoms with Crippen molar-refractivity contribution in [3.05, 3.63) is 71.2 Å². The molecule has 0 unspecified atom stereocenters. The van der Waals surface area contributed by atoms with E-state index < -0.39 is 0 Å². The van der Waals surface area contributed by atoms with Crippen LogP contribution in [0.15, 0.2) is 53.8 Å². The number of hydrogen-bond donors (Lipinski definition) is 1. The summed E-state index contributed by atoms with van der Waals surface area (Å²) in [6.07, 6.45) is 1.85. The summed E-state index contributed by atoms with van der Waals surface area (Å²) in [5, 5.41) is 14.1. The van der Waals surface area contributed by atoms with Gasteiger partial charge in [-0.2, -0.15) is 5.10 Å². The molecule has 0 fully saturated rings. The lowest BCUT2D eigenvalue weighted by atomic mass is 10.2. The number of nitrogens with one attached hydrogen (secondary N) is 1. The van der Waals surface area contributed by atoms with E-state index in [1.165, 1.54) is 0 Å². The lowest BCUT2D eigenvalue weighted by molar-refractivity contribution is 0.185. The Morgan fingerprint density at radius 3 is 2.62 bits per heavy atom. The largest absolute Gasteiger partial charge is 0.452 e. The van der Waals surface area contributed by atoms with Crippen molar-refractivity contribution in [2.24, 2.45) is 5.10 Å². The third kappa shape index (κ3) is 4.22. The zero-order valence-corrected chi connectivity index (χ0v) is 16.8. The van der Waals surface area contributed by atoms with E-state index in [9.17, 15) is 0 Å². The molecule has 1 N–H and O–H groups in total. The molecule has 8 nitrogen and oxygen atoms in total. The molecule has 0 atom stereocenters. The topological polar surface area (TPSA) is 76.8 Å².